The second-order valence-electron chi connectivity index (χ2n) is 4.53. The molecule has 3 nitrogen and oxygen atoms in total. The van der Waals surface area contributed by atoms with E-state index < -0.39 is 0 Å². The van der Waals surface area contributed by atoms with E-state index in [0.717, 1.165) is 25.0 Å². The number of hydrogen-bond donors (Lipinski definition) is 0. The number of methoxy groups -OCH3 is 1. The van der Waals surface area contributed by atoms with Crippen LogP contribution in [0.5, 0.6) is 5.75 Å². The van der Waals surface area contributed by atoms with E-state index in [-0.39, 0.29) is 5.41 Å². The average Bonchev–Trinajstić information content (AvgIpc) is 2.41. The zero-order valence-corrected chi connectivity index (χ0v) is 10.1. The normalized spacial score (nSPS) is 18.4. The van der Waals surface area contributed by atoms with E-state index in [0.29, 0.717) is 13.2 Å². The highest BCUT2D eigenvalue weighted by molar-refractivity contribution is 5.28. The van der Waals surface area contributed by atoms with Crippen molar-refractivity contribution in [3.8, 4) is 11.8 Å². The van der Waals surface area contributed by atoms with Crippen LogP contribution >= 0.6 is 0 Å². The van der Waals surface area contributed by atoms with Gasteiger partial charge >= 0.3 is 0 Å². The lowest BCUT2D eigenvalue weighted by Crippen LogP contribution is -2.30. The molecule has 0 saturated carbocycles. The van der Waals surface area contributed by atoms with Gasteiger partial charge in [-0.25, -0.2) is 0 Å². The van der Waals surface area contributed by atoms with Gasteiger partial charge in [-0.3, -0.25) is 0 Å². The molecule has 0 spiro atoms. The van der Waals surface area contributed by atoms with Gasteiger partial charge in [0, 0.05) is 13.2 Å². The standard InChI is InChI=1S/C14H17NO2/c1-16-13-4-2-12(3-5-13)10-14(11-15)6-8-17-9-7-14/h2-5H,6-10H2,1H3. The van der Waals surface area contributed by atoms with Crippen LogP contribution in [0.25, 0.3) is 0 Å². The van der Waals surface area contributed by atoms with Gasteiger partial charge in [0.1, 0.15) is 5.75 Å². The molecule has 3 heteroatoms. The molecule has 0 bridgehead atoms. The Morgan fingerprint density at radius 1 is 1.29 bits per heavy atom. The van der Waals surface area contributed by atoms with Crippen molar-refractivity contribution in [3.05, 3.63) is 29.8 Å². The second kappa shape index (κ2) is 5.20. The Hall–Kier alpha value is -1.53. The van der Waals surface area contributed by atoms with Gasteiger partial charge in [0.2, 0.25) is 0 Å². The lowest BCUT2D eigenvalue weighted by molar-refractivity contribution is 0.0406. The molecule has 0 unspecified atom stereocenters. The first-order valence-electron chi connectivity index (χ1n) is 5.90. The Labute approximate surface area is 102 Å². The molecule has 90 valence electrons. The molecule has 1 aromatic rings. The van der Waals surface area contributed by atoms with Crippen molar-refractivity contribution in [2.24, 2.45) is 5.41 Å². The molecule has 1 heterocycles. The molecule has 0 N–H and O–H groups in total. The fourth-order valence-corrected chi connectivity index (χ4v) is 2.22. The first-order valence-corrected chi connectivity index (χ1v) is 5.90. The van der Waals surface area contributed by atoms with E-state index in [4.69, 9.17) is 9.47 Å². The molecule has 0 atom stereocenters. The number of hydrogen-bond acceptors (Lipinski definition) is 3. The fourth-order valence-electron chi connectivity index (χ4n) is 2.22. The van der Waals surface area contributed by atoms with Crippen molar-refractivity contribution in [1.29, 1.82) is 5.26 Å². The van der Waals surface area contributed by atoms with Crippen molar-refractivity contribution in [1.82, 2.24) is 0 Å². The summed E-state index contributed by atoms with van der Waals surface area (Å²) in [5.41, 5.74) is 0.946. The Kier molecular flexibility index (Phi) is 3.65. The minimum absolute atomic E-state index is 0.243. The van der Waals surface area contributed by atoms with E-state index in [2.05, 4.69) is 6.07 Å². The second-order valence-corrected chi connectivity index (χ2v) is 4.53. The van der Waals surface area contributed by atoms with E-state index in [9.17, 15) is 5.26 Å². The van der Waals surface area contributed by atoms with Gasteiger partial charge in [-0.15, -0.1) is 0 Å². The number of rotatable bonds is 3. The number of nitrogens with zero attached hydrogens (tertiary/aromatic N) is 1. The van der Waals surface area contributed by atoms with Crippen molar-refractivity contribution in [2.75, 3.05) is 20.3 Å². The van der Waals surface area contributed by atoms with Crippen LogP contribution in [-0.2, 0) is 11.2 Å². The maximum atomic E-state index is 9.37. The first kappa shape index (κ1) is 11.9. The number of benzene rings is 1. The van der Waals surface area contributed by atoms with Crippen LogP contribution in [0.3, 0.4) is 0 Å². The molecular formula is C14H17NO2. The molecular weight excluding hydrogens is 214 g/mol. The summed E-state index contributed by atoms with van der Waals surface area (Å²) >= 11 is 0. The van der Waals surface area contributed by atoms with Crippen LogP contribution in [-0.4, -0.2) is 20.3 Å². The summed E-state index contributed by atoms with van der Waals surface area (Å²) in [6.07, 6.45) is 2.46. The molecule has 2 rings (SSSR count). The average molecular weight is 231 g/mol. The predicted octanol–water partition coefficient (Wildman–Crippen LogP) is 2.56. The smallest absolute Gasteiger partial charge is 0.118 e. The molecule has 0 aromatic heterocycles. The van der Waals surface area contributed by atoms with Crippen molar-refractivity contribution in [2.45, 2.75) is 19.3 Å². The Morgan fingerprint density at radius 2 is 1.94 bits per heavy atom. The van der Waals surface area contributed by atoms with Crippen LogP contribution in [0, 0.1) is 16.7 Å². The third kappa shape index (κ3) is 2.78. The highest BCUT2D eigenvalue weighted by Gasteiger charge is 2.32. The van der Waals surface area contributed by atoms with Crippen LogP contribution < -0.4 is 4.74 Å². The van der Waals surface area contributed by atoms with Gasteiger partial charge in [-0.1, -0.05) is 12.1 Å². The summed E-state index contributed by atoms with van der Waals surface area (Å²) in [7, 11) is 1.66. The molecule has 0 amide bonds. The number of nitriles is 1. The molecule has 1 aliphatic heterocycles. The molecule has 0 aliphatic carbocycles. The third-order valence-electron chi connectivity index (χ3n) is 3.39. The first-order chi connectivity index (χ1) is 8.28. The maximum absolute atomic E-state index is 9.37. The maximum Gasteiger partial charge on any atom is 0.118 e. The van der Waals surface area contributed by atoms with Crippen LogP contribution in [0.15, 0.2) is 24.3 Å². The van der Waals surface area contributed by atoms with Gasteiger partial charge in [-0.05, 0) is 37.0 Å². The minimum atomic E-state index is -0.243. The van der Waals surface area contributed by atoms with E-state index in [1.54, 1.807) is 7.11 Å². The Balaban J connectivity index is 2.10. The lowest BCUT2D eigenvalue weighted by Gasteiger charge is -2.30. The van der Waals surface area contributed by atoms with Gasteiger partial charge in [0.05, 0.1) is 18.6 Å². The molecule has 1 aliphatic rings. The summed E-state index contributed by atoms with van der Waals surface area (Å²) in [6.45, 7) is 1.40. The van der Waals surface area contributed by atoms with Crippen molar-refractivity contribution < 1.29 is 9.47 Å². The molecule has 1 fully saturated rings. The van der Waals surface area contributed by atoms with Crippen molar-refractivity contribution in [3.63, 3.8) is 0 Å². The predicted molar refractivity (Wildman–Crippen MR) is 64.8 cm³/mol. The van der Waals surface area contributed by atoms with Crippen LogP contribution in [0.2, 0.25) is 0 Å². The van der Waals surface area contributed by atoms with Gasteiger partial charge < -0.3 is 9.47 Å². The third-order valence-corrected chi connectivity index (χ3v) is 3.39. The lowest BCUT2D eigenvalue weighted by atomic mass is 9.76. The molecule has 1 aromatic carbocycles. The molecule has 17 heavy (non-hydrogen) atoms. The molecule has 1 saturated heterocycles. The number of ether oxygens (including phenoxy) is 2. The highest BCUT2D eigenvalue weighted by Crippen LogP contribution is 2.33. The van der Waals surface area contributed by atoms with Gasteiger partial charge in [0.25, 0.3) is 0 Å². The quantitative estimate of drug-likeness (QED) is 0.802. The largest absolute Gasteiger partial charge is 0.497 e. The summed E-state index contributed by atoms with van der Waals surface area (Å²) in [6, 6.07) is 10.4. The SMILES string of the molecule is COc1ccc(CC2(C#N)CCOCC2)cc1. The zero-order chi connectivity index (χ0) is 12.1. The van der Waals surface area contributed by atoms with Crippen LogP contribution in [0.4, 0.5) is 0 Å². The van der Waals surface area contributed by atoms with Crippen LogP contribution in [0.1, 0.15) is 18.4 Å². The fraction of sp³-hybridized carbons (Fsp3) is 0.500. The summed E-state index contributed by atoms with van der Waals surface area (Å²) in [5, 5.41) is 9.37. The van der Waals surface area contributed by atoms with Gasteiger partial charge in [0.15, 0.2) is 0 Å². The van der Waals surface area contributed by atoms with E-state index >= 15 is 0 Å². The summed E-state index contributed by atoms with van der Waals surface area (Å²) in [4.78, 5) is 0. The Morgan fingerprint density at radius 3 is 2.47 bits per heavy atom. The summed E-state index contributed by atoms with van der Waals surface area (Å²) < 4.78 is 10.5. The topological polar surface area (TPSA) is 42.2 Å². The van der Waals surface area contributed by atoms with E-state index in [1.165, 1.54) is 5.56 Å². The monoisotopic (exact) mass is 231 g/mol. The van der Waals surface area contributed by atoms with Gasteiger partial charge in [-0.2, -0.15) is 5.26 Å². The molecule has 0 radical (unpaired) electrons. The Bertz CT molecular complexity index is 399. The zero-order valence-electron chi connectivity index (χ0n) is 10.1. The summed E-state index contributed by atoms with van der Waals surface area (Å²) in [5.74, 6) is 0.853. The van der Waals surface area contributed by atoms with Crippen molar-refractivity contribution >= 4 is 0 Å². The minimum Gasteiger partial charge on any atom is -0.497 e. The highest BCUT2D eigenvalue weighted by atomic mass is 16.5. The van der Waals surface area contributed by atoms with E-state index in [1.807, 2.05) is 24.3 Å².